The maximum absolute atomic E-state index is 8.49. The Bertz CT molecular complexity index is 534. The molecule has 0 aliphatic heterocycles. The number of halogens is 1. The molecule has 0 atom stereocenters. The Morgan fingerprint density at radius 2 is 1.36 bits per heavy atom. The number of rotatable bonds is 4. The number of benzene rings is 2. The summed E-state index contributed by atoms with van der Waals surface area (Å²) in [7, 11) is -0.889. The number of hydrogen-bond acceptors (Lipinski definition) is 6. The smallest absolute Gasteiger partial charge is 0.119 e. The summed E-state index contributed by atoms with van der Waals surface area (Å²) >= 11 is 0. The third-order valence-electron chi connectivity index (χ3n) is 2.60. The Morgan fingerprint density at radius 1 is 0.864 bits per heavy atom. The predicted octanol–water partition coefficient (Wildman–Crippen LogP) is -1.42. The van der Waals surface area contributed by atoms with E-state index in [1.807, 2.05) is 44.4 Å². The minimum atomic E-state index is -4.94. The first kappa shape index (κ1) is 18.2. The van der Waals surface area contributed by atoms with Crippen LogP contribution in [0.2, 0.25) is 0 Å². The molecule has 0 saturated carbocycles. The Balaban J connectivity index is 0.000000422. The molecule has 0 unspecified atom stereocenters. The highest BCUT2D eigenvalue weighted by Crippen LogP contribution is 2.18. The molecular weight excluding hydrogens is 310 g/mol. The summed E-state index contributed by atoms with van der Waals surface area (Å²) < 4.78 is 39.7. The predicted molar refractivity (Wildman–Crippen MR) is 71.5 cm³/mol. The molecule has 2 rings (SSSR count). The summed E-state index contributed by atoms with van der Waals surface area (Å²) in [6.07, 6.45) is 0. The molecule has 0 spiro atoms. The summed E-state index contributed by atoms with van der Waals surface area (Å²) in [5.41, 5.74) is 2.36. The van der Waals surface area contributed by atoms with E-state index in [4.69, 9.17) is 23.4 Å². The summed E-state index contributed by atoms with van der Waals surface area (Å²) in [5.74, 6) is 0.902. The van der Waals surface area contributed by atoms with E-state index in [2.05, 4.69) is 29.2 Å². The highest BCUT2D eigenvalue weighted by atomic mass is 35.7. The van der Waals surface area contributed by atoms with Crippen molar-refractivity contribution < 1.29 is 33.6 Å². The molecule has 7 heteroatoms. The van der Waals surface area contributed by atoms with Crippen LogP contribution in [0.3, 0.4) is 0 Å². The molecule has 0 N–H and O–H groups in total. The molecule has 0 saturated heterocycles. The Morgan fingerprint density at radius 3 is 1.82 bits per heavy atom. The first-order valence-corrected chi connectivity index (χ1v) is 7.55. The van der Waals surface area contributed by atoms with E-state index in [0.717, 1.165) is 5.75 Å². The van der Waals surface area contributed by atoms with Crippen molar-refractivity contribution in [2.75, 3.05) is 19.0 Å². The second-order valence-corrected chi connectivity index (χ2v) is 5.30. The molecule has 2 aromatic carbocycles. The van der Waals surface area contributed by atoms with Crippen LogP contribution >= 0.6 is 0 Å². The van der Waals surface area contributed by atoms with Crippen LogP contribution in [-0.2, 0) is 6.61 Å². The zero-order chi connectivity index (χ0) is 16.6. The average Bonchev–Trinajstić information content (AvgIpc) is 2.45. The topological polar surface area (TPSA) is 105 Å². The van der Waals surface area contributed by atoms with Gasteiger partial charge in [0.05, 0.1) is 0 Å². The van der Waals surface area contributed by atoms with Gasteiger partial charge >= 0.3 is 0 Å². The van der Waals surface area contributed by atoms with Crippen molar-refractivity contribution in [3.8, 4) is 5.75 Å². The summed E-state index contributed by atoms with van der Waals surface area (Å²) in [4.78, 5) is 2.07. The third kappa shape index (κ3) is 8.46. The van der Waals surface area contributed by atoms with E-state index >= 15 is 0 Å². The van der Waals surface area contributed by atoms with E-state index < -0.39 is 10.2 Å². The number of ether oxygens (including phenoxy) is 1. The monoisotopic (exact) mass is 326 g/mol. The van der Waals surface area contributed by atoms with Crippen LogP contribution in [0.25, 0.3) is 0 Å². The second-order valence-electron chi connectivity index (χ2n) is 4.54. The van der Waals surface area contributed by atoms with Gasteiger partial charge in [0.1, 0.15) is 12.4 Å². The minimum absolute atomic E-state index is 0.613. The van der Waals surface area contributed by atoms with Crippen LogP contribution in [0, 0.1) is 10.2 Å². The van der Waals surface area contributed by atoms with Crippen molar-refractivity contribution in [2.24, 2.45) is 0 Å². The molecule has 0 bridgehead atoms. The van der Waals surface area contributed by atoms with E-state index in [-0.39, 0.29) is 0 Å². The summed E-state index contributed by atoms with van der Waals surface area (Å²) in [5, 5.41) is 0. The molecule has 22 heavy (non-hydrogen) atoms. The van der Waals surface area contributed by atoms with Gasteiger partial charge in [-0.25, -0.2) is 18.6 Å². The number of nitrogens with zero attached hydrogens (tertiary/aromatic N) is 1. The van der Waals surface area contributed by atoms with Gasteiger partial charge < -0.3 is 9.64 Å². The van der Waals surface area contributed by atoms with Crippen LogP contribution in [0.5, 0.6) is 5.75 Å². The van der Waals surface area contributed by atoms with E-state index in [1.54, 1.807) is 0 Å². The average molecular weight is 327 g/mol. The van der Waals surface area contributed by atoms with Crippen molar-refractivity contribution in [3.63, 3.8) is 0 Å². The van der Waals surface area contributed by atoms with Gasteiger partial charge in [0.25, 0.3) is 0 Å². The lowest BCUT2D eigenvalue weighted by Crippen LogP contribution is -2.68. The lowest BCUT2D eigenvalue weighted by molar-refractivity contribution is -2.00. The van der Waals surface area contributed by atoms with Crippen molar-refractivity contribution in [1.82, 2.24) is 0 Å². The molecule has 0 aromatic heterocycles. The molecule has 0 heterocycles. The largest absolute Gasteiger partial charge is 0.489 e. The van der Waals surface area contributed by atoms with Crippen molar-refractivity contribution in [3.05, 3.63) is 60.2 Å². The quantitative estimate of drug-likeness (QED) is 0.682. The zero-order valence-electron chi connectivity index (χ0n) is 12.3. The van der Waals surface area contributed by atoms with Gasteiger partial charge in [-0.3, -0.25) is 0 Å². The standard InChI is InChI=1S/C15H17NO.ClHO4/c1-16(2)14-8-10-15(11-9-14)17-12-13-6-4-3-5-7-13;2-1(3,4)5/h3-11H,12H2,1-2H3;(H,2,3,4,5)/p-1. The Hall–Kier alpha value is -1.83. The molecule has 0 aliphatic rings. The summed E-state index contributed by atoms with van der Waals surface area (Å²) in [6, 6.07) is 18.3. The van der Waals surface area contributed by atoms with E-state index in [9.17, 15) is 0 Å². The molecular formula is C15H17ClNO5-. The van der Waals surface area contributed by atoms with Gasteiger partial charge in [-0.05, 0) is 29.8 Å². The highest BCUT2D eigenvalue weighted by Gasteiger charge is 1.97. The van der Waals surface area contributed by atoms with Gasteiger partial charge in [0.2, 0.25) is 0 Å². The van der Waals surface area contributed by atoms with Crippen LogP contribution in [0.1, 0.15) is 5.56 Å². The molecule has 6 nitrogen and oxygen atoms in total. The SMILES string of the molecule is CN(C)c1ccc(OCc2ccccc2)cc1.[O-][Cl+3]([O-])([O-])[O-]. The van der Waals surface area contributed by atoms with Crippen LogP contribution in [0.4, 0.5) is 5.69 Å². The van der Waals surface area contributed by atoms with Crippen molar-refractivity contribution >= 4 is 5.69 Å². The fourth-order valence-electron chi connectivity index (χ4n) is 1.58. The van der Waals surface area contributed by atoms with Gasteiger partial charge in [0, 0.05) is 19.8 Å². The Kier molecular flexibility index (Phi) is 7.10. The molecule has 0 fully saturated rings. The number of hydrogen-bond donors (Lipinski definition) is 0. The Labute approximate surface area is 131 Å². The van der Waals surface area contributed by atoms with E-state index in [1.165, 1.54) is 11.3 Å². The molecule has 0 radical (unpaired) electrons. The lowest BCUT2D eigenvalue weighted by Gasteiger charge is -2.17. The fraction of sp³-hybridized carbons (Fsp3) is 0.200. The minimum Gasteiger partial charge on any atom is -0.489 e. The molecule has 2 aromatic rings. The van der Waals surface area contributed by atoms with Gasteiger partial charge in [-0.15, -0.1) is 10.2 Å². The maximum Gasteiger partial charge on any atom is 0.119 e. The molecule has 120 valence electrons. The van der Waals surface area contributed by atoms with Gasteiger partial charge in [-0.1, -0.05) is 30.3 Å². The molecule has 0 aliphatic carbocycles. The van der Waals surface area contributed by atoms with Crippen molar-refractivity contribution in [1.29, 1.82) is 0 Å². The fourth-order valence-corrected chi connectivity index (χ4v) is 1.58. The second kappa shape index (κ2) is 8.57. The molecule has 0 amide bonds. The summed E-state index contributed by atoms with van der Waals surface area (Å²) in [6.45, 7) is 0.613. The first-order valence-electron chi connectivity index (χ1n) is 6.31. The van der Waals surface area contributed by atoms with Crippen molar-refractivity contribution in [2.45, 2.75) is 6.61 Å². The highest BCUT2D eigenvalue weighted by molar-refractivity contribution is 5.47. The first-order chi connectivity index (χ1) is 10.3. The maximum atomic E-state index is 8.49. The van der Waals surface area contributed by atoms with E-state index in [0.29, 0.717) is 6.61 Å². The zero-order valence-corrected chi connectivity index (χ0v) is 13.0. The van der Waals surface area contributed by atoms with Crippen LogP contribution in [0.15, 0.2) is 54.6 Å². The van der Waals surface area contributed by atoms with Crippen LogP contribution < -0.4 is 28.3 Å². The number of anilines is 1. The normalized spacial score (nSPS) is 10.5. The lowest BCUT2D eigenvalue weighted by atomic mass is 10.2. The van der Waals surface area contributed by atoms with Gasteiger partial charge in [0.15, 0.2) is 0 Å². The van der Waals surface area contributed by atoms with Gasteiger partial charge in [-0.2, -0.15) is 0 Å². The third-order valence-corrected chi connectivity index (χ3v) is 2.60. The van der Waals surface area contributed by atoms with Crippen LogP contribution in [-0.4, -0.2) is 14.1 Å².